The summed E-state index contributed by atoms with van der Waals surface area (Å²) >= 11 is 0. The standard InChI is InChI=1S/C12H23NO2/c1-4-13-7-5-12(6-8-13)14-9-11(15-12)10(2)3/h10-11H,4-9H2,1-3H3. The Hall–Kier alpha value is -0.120. The summed E-state index contributed by atoms with van der Waals surface area (Å²) in [5, 5.41) is 0. The quantitative estimate of drug-likeness (QED) is 0.699. The average molecular weight is 213 g/mol. The summed E-state index contributed by atoms with van der Waals surface area (Å²) in [5.41, 5.74) is 0. The van der Waals surface area contributed by atoms with Crippen LogP contribution in [0.2, 0.25) is 0 Å². The lowest BCUT2D eigenvalue weighted by Crippen LogP contribution is -2.45. The highest BCUT2D eigenvalue weighted by Crippen LogP contribution is 2.35. The van der Waals surface area contributed by atoms with Gasteiger partial charge in [0.1, 0.15) is 0 Å². The minimum Gasteiger partial charge on any atom is -0.347 e. The Kier molecular flexibility index (Phi) is 3.33. The van der Waals surface area contributed by atoms with Crippen molar-refractivity contribution in [3.8, 4) is 0 Å². The molecule has 88 valence electrons. The van der Waals surface area contributed by atoms with Gasteiger partial charge >= 0.3 is 0 Å². The van der Waals surface area contributed by atoms with E-state index in [1.165, 1.54) is 0 Å². The van der Waals surface area contributed by atoms with Crippen LogP contribution in [0, 0.1) is 5.92 Å². The zero-order valence-corrected chi connectivity index (χ0v) is 10.2. The van der Waals surface area contributed by atoms with Crippen LogP contribution < -0.4 is 0 Å². The number of hydrogen-bond donors (Lipinski definition) is 0. The molecule has 1 atom stereocenters. The van der Waals surface area contributed by atoms with Crippen molar-refractivity contribution < 1.29 is 9.47 Å². The Morgan fingerprint density at radius 2 is 2.00 bits per heavy atom. The fourth-order valence-electron chi connectivity index (χ4n) is 2.38. The first-order valence-electron chi connectivity index (χ1n) is 6.19. The van der Waals surface area contributed by atoms with Gasteiger partial charge in [-0.15, -0.1) is 0 Å². The summed E-state index contributed by atoms with van der Waals surface area (Å²) in [4.78, 5) is 2.46. The second-order valence-electron chi connectivity index (χ2n) is 5.06. The van der Waals surface area contributed by atoms with Crippen LogP contribution in [0.25, 0.3) is 0 Å². The maximum Gasteiger partial charge on any atom is 0.171 e. The molecule has 0 bridgehead atoms. The van der Waals surface area contributed by atoms with E-state index in [4.69, 9.17) is 9.47 Å². The third-order valence-electron chi connectivity index (χ3n) is 3.69. The topological polar surface area (TPSA) is 21.7 Å². The Morgan fingerprint density at radius 1 is 1.33 bits per heavy atom. The van der Waals surface area contributed by atoms with E-state index in [1.54, 1.807) is 0 Å². The monoisotopic (exact) mass is 213 g/mol. The highest BCUT2D eigenvalue weighted by Gasteiger charge is 2.44. The van der Waals surface area contributed by atoms with Gasteiger partial charge in [-0.2, -0.15) is 0 Å². The number of piperidine rings is 1. The largest absolute Gasteiger partial charge is 0.347 e. The average Bonchev–Trinajstić information content (AvgIpc) is 2.64. The number of ether oxygens (including phenoxy) is 2. The molecule has 1 spiro atoms. The van der Waals surface area contributed by atoms with E-state index in [0.717, 1.165) is 39.1 Å². The van der Waals surface area contributed by atoms with Crippen molar-refractivity contribution in [1.29, 1.82) is 0 Å². The molecule has 0 N–H and O–H groups in total. The van der Waals surface area contributed by atoms with Gasteiger partial charge < -0.3 is 14.4 Å². The van der Waals surface area contributed by atoms with E-state index in [9.17, 15) is 0 Å². The second-order valence-corrected chi connectivity index (χ2v) is 5.06. The molecule has 2 aliphatic rings. The first-order valence-corrected chi connectivity index (χ1v) is 6.19. The molecule has 0 radical (unpaired) electrons. The van der Waals surface area contributed by atoms with Crippen LogP contribution >= 0.6 is 0 Å². The van der Waals surface area contributed by atoms with Crippen LogP contribution in [0.1, 0.15) is 33.6 Å². The zero-order valence-electron chi connectivity index (χ0n) is 10.2. The molecule has 2 rings (SSSR count). The lowest BCUT2D eigenvalue weighted by atomic mass is 10.0. The SMILES string of the molecule is CCN1CCC2(CC1)OCC(C(C)C)O2. The summed E-state index contributed by atoms with van der Waals surface area (Å²) in [5.74, 6) is 0.328. The molecule has 2 fully saturated rings. The molecule has 2 aliphatic heterocycles. The molecule has 3 heteroatoms. The highest BCUT2D eigenvalue weighted by atomic mass is 16.7. The summed E-state index contributed by atoms with van der Waals surface area (Å²) in [6.07, 6.45) is 2.37. The van der Waals surface area contributed by atoms with Crippen LogP contribution in [0.4, 0.5) is 0 Å². The molecule has 0 aromatic carbocycles. The molecule has 0 aromatic heterocycles. The van der Waals surface area contributed by atoms with E-state index in [-0.39, 0.29) is 5.79 Å². The Labute approximate surface area is 92.7 Å². The highest BCUT2D eigenvalue weighted by molar-refractivity contribution is 4.86. The van der Waals surface area contributed by atoms with Crippen LogP contribution in [0.3, 0.4) is 0 Å². The van der Waals surface area contributed by atoms with Crippen molar-refractivity contribution in [2.75, 3.05) is 26.2 Å². The molecule has 2 saturated heterocycles. The number of hydrogen-bond acceptors (Lipinski definition) is 3. The lowest BCUT2D eigenvalue weighted by molar-refractivity contribution is -0.197. The van der Waals surface area contributed by atoms with Gasteiger partial charge in [0.05, 0.1) is 12.7 Å². The molecule has 0 saturated carbocycles. The zero-order chi connectivity index (χ0) is 10.9. The Balaban J connectivity index is 1.89. The van der Waals surface area contributed by atoms with Crippen LogP contribution in [0.5, 0.6) is 0 Å². The van der Waals surface area contributed by atoms with Gasteiger partial charge in [-0.05, 0) is 12.5 Å². The van der Waals surface area contributed by atoms with Crippen molar-refractivity contribution in [2.24, 2.45) is 5.92 Å². The fourth-order valence-corrected chi connectivity index (χ4v) is 2.38. The van der Waals surface area contributed by atoms with Crippen molar-refractivity contribution >= 4 is 0 Å². The van der Waals surface area contributed by atoms with Crippen LogP contribution in [-0.2, 0) is 9.47 Å². The molecule has 0 aliphatic carbocycles. The predicted molar refractivity (Wildman–Crippen MR) is 59.7 cm³/mol. The minimum atomic E-state index is -0.236. The van der Waals surface area contributed by atoms with Gasteiger partial charge in [-0.25, -0.2) is 0 Å². The number of nitrogens with zero attached hydrogens (tertiary/aromatic N) is 1. The molecular weight excluding hydrogens is 190 g/mol. The van der Waals surface area contributed by atoms with Gasteiger partial charge in [0.2, 0.25) is 0 Å². The summed E-state index contributed by atoms with van der Waals surface area (Å²) in [6, 6.07) is 0. The molecule has 15 heavy (non-hydrogen) atoms. The summed E-state index contributed by atoms with van der Waals surface area (Å²) in [7, 11) is 0. The molecular formula is C12H23NO2. The molecule has 0 aromatic rings. The predicted octanol–water partition coefficient (Wildman–Crippen LogP) is 1.87. The van der Waals surface area contributed by atoms with Crippen LogP contribution in [0.15, 0.2) is 0 Å². The number of likely N-dealkylation sites (tertiary alicyclic amines) is 1. The molecule has 1 unspecified atom stereocenters. The molecule has 2 heterocycles. The Bertz CT molecular complexity index is 210. The van der Waals surface area contributed by atoms with E-state index in [1.807, 2.05) is 0 Å². The van der Waals surface area contributed by atoms with Gasteiger partial charge in [-0.1, -0.05) is 20.8 Å². The van der Waals surface area contributed by atoms with E-state index in [2.05, 4.69) is 25.7 Å². The maximum absolute atomic E-state index is 6.10. The molecule has 0 amide bonds. The summed E-state index contributed by atoms with van der Waals surface area (Å²) < 4.78 is 12.0. The summed E-state index contributed by atoms with van der Waals surface area (Å²) in [6.45, 7) is 10.8. The minimum absolute atomic E-state index is 0.236. The van der Waals surface area contributed by atoms with Crippen molar-refractivity contribution in [2.45, 2.75) is 45.5 Å². The van der Waals surface area contributed by atoms with E-state index in [0.29, 0.717) is 12.0 Å². The third-order valence-corrected chi connectivity index (χ3v) is 3.69. The first kappa shape index (κ1) is 11.4. The normalized spacial score (nSPS) is 31.6. The lowest BCUT2D eigenvalue weighted by Gasteiger charge is -2.37. The first-order chi connectivity index (χ1) is 7.15. The Morgan fingerprint density at radius 3 is 2.47 bits per heavy atom. The van der Waals surface area contributed by atoms with Crippen molar-refractivity contribution in [3.63, 3.8) is 0 Å². The molecule has 3 nitrogen and oxygen atoms in total. The van der Waals surface area contributed by atoms with Gasteiger partial charge in [0.25, 0.3) is 0 Å². The van der Waals surface area contributed by atoms with E-state index < -0.39 is 0 Å². The smallest absolute Gasteiger partial charge is 0.171 e. The second kappa shape index (κ2) is 4.40. The van der Waals surface area contributed by atoms with Gasteiger partial charge in [0.15, 0.2) is 5.79 Å². The number of rotatable bonds is 2. The van der Waals surface area contributed by atoms with Crippen LogP contribution in [-0.4, -0.2) is 43.0 Å². The van der Waals surface area contributed by atoms with Crippen molar-refractivity contribution in [3.05, 3.63) is 0 Å². The third kappa shape index (κ3) is 2.35. The van der Waals surface area contributed by atoms with E-state index >= 15 is 0 Å². The van der Waals surface area contributed by atoms with Gasteiger partial charge in [0, 0.05) is 25.9 Å². The van der Waals surface area contributed by atoms with Crippen molar-refractivity contribution in [1.82, 2.24) is 4.90 Å². The fraction of sp³-hybridized carbons (Fsp3) is 1.00. The van der Waals surface area contributed by atoms with Gasteiger partial charge in [-0.3, -0.25) is 0 Å². The maximum atomic E-state index is 6.10.